The highest BCUT2D eigenvalue weighted by Gasteiger charge is 2.07. The first-order chi connectivity index (χ1) is 8.92. The molecule has 2 heterocycles. The topological polar surface area (TPSA) is 67.3 Å². The van der Waals surface area contributed by atoms with Gasteiger partial charge in [-0.05, 0) is 0 Å². The molecule has 0 atom stereocenters. The van der Waals surface area contributed by atoms with E-state index in [2.05, 4.69) is 25.6 Å². The van der Waals surface area contributed by atoms with Crippen LogP contribution in [0.15, 0.2) is 41.6 Å². The summed E-state index contributed by atoms with van der Waals surface area (Å²) in [5.74, 6) is 0.761. The number of nitrogens with zero attached hydrogens (tertiary/aromatic N) is 4. The Morgan fingerprint density at radius 3 is 2.83 bits per heavy atom. The third-order valence-corrected chi connectivity index (χ3v) is 4.29. The highest BCUT2D eigenvalue weighted by Crippen LogP contribution is 2.27. The van der Waals surface area contributed by atoms with Crippen molar-refractivity contribution in [3.05, 3.63) is 41.5 Å². The first kappa shape index (κ1) is 11.4. The summed E-state index contributed by atoms with van der Waals surface area (Å²) >= 11 is 3.20. The third-order valence-electron chi connectivity index (χ3n) is 2.22. The van der Waals surface area contributed by atoms with Gasteiger partial charge in [-0.25, -0.2) is 0 Å². The fraction of sp³-hybridized carbons (Fsp3) is 0.0909. The number of aromatic nitrogens is 5. The summed E-state index contributed by atoms with van der Waals surface area (Å²) in [4.78, 5) is 0. The number of thioether (sulfide) groups is 1. The van der Waals surface area contributed by atoms with Gasteiger partial charge in [-0.3, -0.25) is 0 Å². The largest absolute Gasteiger partial charge is 0.197 e. The number of nitrogens with one attached hydrogen (secondary N) is 1. The molecule has 1 aromatic carbocycles. The van der Waals surface area contributed by atoms with E-state index in [1.54, 1.807) is 29.3 Å². The Hall–Kier alpha value is -1.73. The predicted octanol–water partition coefficient (Wildman–Crippen LogP) is 2.62. The molecule has 2 aromatic heterocycles. The van der Waals surface area contributed by atoms with Crippen molar-refractivity contribution < 1.29 is 0 Å². The highest BCUT2D eigenvalue weighted by molar-refractivity contribution is 7.98. The number of aromatic amines is 1. The van der Waals surface area contributed by atoms with Gasteiger partial charge in [-0.1, -0.05) is 53.4 Å². The molecule has 0 unspecified atom stereocenters. The Bertz CT molecular complexity index is 605. The van der Waals surface area contributed by atoms with Gasteiger partial charge >= 0.3 is 0 Å². The van der Waals surface area contributed by atoms with Crippen LogP contribution in [-0.2, 0) is 5.75 Å². The quantitative estimate of drug-likeness (QED) is 0.741. The molecule has 3 rings (SSSR count). The molecule has 3 aromatic rings. The lowest BCUT2D eigenvalue weighted by atomic mass is 10.2. The maximum atomic E-state index is 4.20. The van der Waals surface area contributed by atoms with E-state index in [9.17, 15) is 0 Å². The van der Waals surface area contributed by atoms with E-state index in [1.807, 2.05) is 30.3 Å². The smallest absolute Gasteiger partial charge is 0.147 e. The Balaban J connectivity index is 1.70. The van der Waals surface area contributed by atoms with E-state index in [0.717, 1.165) is 26.4 Å². The van der Waals surface area contributed by atoms with Gasteiger partial charge in [0, 0.05) is 5.56 Å². The van der Waals surface area contributed by atoms with Gasteiger partial charge < -0.3 is 0 Å². The lowest BCUT2D eigenvalue weighted by molar-refractivity contribution is 0.910. The van der Waals surface area contributed by atoms with E-state index in [4.69, 9.17) is 0 Å². The Labute approximate surface area is 112 Å². The molecule has 1 N–H and O–H groups in total. The Morgan fingerprint density at radius 2 is 2.06 bits per heavy atom. The highest BCUT2D eigenvalue weighted by atomic mass is 32.2. The van der Waals surface area contributed by atoms with E-state index in [0.29, 0.717) is 0 Å². The SMILES string of the molecule is c1ccc(-c2nnc(CSc3cn[nH]n3)s2)cc1. The van der Waals surface area contributed by atoms with Crippen molar-refractivity contribution in [1.82, 2.24) is 25.6 Å². The molecule has 18 heavy (non-hydrogen) atoms. The Kier molecular flexibility index (Phi) is 3.33. The van der Waals surface area contributed by atoms with Crippen LogP contribution >= 0.6 is 23.1 Å². The number of benzene rings is 1. The molecule has 0 radical (unpaired) electrons. The summed E-state index contributed by atoms with van der Waals surface area (Å²) in [6, 6.07) is 10.1. The first-order valence-corrected chi connectivity index (χ1v) is 7.08. The van der Waals surface area contributed by atoms with Crippen molar-refractivity contribution in [3.63, 3.8) is 0 Å². The van der Waals surface area contributed by atoms with Crippen molar-refractivity contribution in [2.24, 2.45) is 0 Å². The van der Waals surface area contributed by atoms with Crippen LogP contribution in [0.4, 0.5) is 0 Å². The maximum absolute atomic E-state index is 4.20. The number of hydrogen-bond donors (Lipinski definition) is 1. The van der Waals surface area contributed by atoms with Gasteiger partial charge in [-0.15, -0.1) is 15.3 Å². The van der Waals surface area contributed by atoms with Gasteiger partial charge in [-0.2, -0.15) is 10.3 Å². The number of hydrogen-bond acceptors (Lipinski definition) is 6. The minimum absolute atomic E-state index is 0.761. The van der Waals surface area contributed by atoms with Crippen molar-refractivity contribution >= 4 is 23.1 Å². The van der Waals surface area contributed by atoms with Crippen molar-refractivity contribution in [3.8, 4) is 10.6 Å². The average molecular weight is 275 g/mol. The molecule has 90 valence electrons. The summed E-state index contributed by atoms with van der Waals surface area (Å²) in [5.41, 5.74) is 1.10. The Morgan fingerprint density at radius 1 is 1.17 bits per heavy atom. The monoisotopic (exact) mass is 275 g/mol. The third kappa shape index (κ3) is 2.57. The van der Waals surface area contributed by atoms with Crippen LogP contribution in [0.5, 0.6) is 0 Å². The zero-order valence-electron chi connectivity index (χ0n) is 9.28. The summed E-state index contributed by atoms with van der Waals surface area (Å²) in [7, 11) is 0. The van der Waals surface area contributed by atoms with Crippen molar-refractivity contribution in [2.75, 3.05) is 0 Å². The zero-order valence-corrected chi connectivity index (χ0v) is 10.9. The van der Waals surface area contributed by atoms with Crippen LogP contribution in [0.3, 0.4) is 0 Å². The standard InChI is InChI=1S/C11H9N5S2/c1-2-4-8(5-3-1)11-15-13-10(18-11)7-17-9-6-12-16-14-9/h1-6H,7H2,(H,12,14,16). The minimum Gasteiger partial charge on any atom is -0.197 e. The molecule has 0 aliphatic rings. The van der Waals surface area contributed by atoms with Gasteiger partial charge in [0.1, 0.15) is 15.0 Å². The van der Waals surface area contributed by atoms with Crippen LogP contribution in [0.1, 0.15) is 5.01 Å². The van der Waals surface area contributed by atoms with E-state index < -0.39 is 0 Å². The maximum Gasteiger partial charge on any atom is 0.147 e. The van der Waals surface area contributed by atoms with Gasteiger partial charge in [0.25, 0.3) is 0 Å². The molecule has 0 aliphatic carbocycles. The molecule has 0 aliphatic heterocycles. The average Bonchev–Trinajstić information content (AvgIpc) is 3.09. The normalized spacial score (nSPS) is 10.7. The summed E-state index contributed by atoms with van der Waals surface area (Å²) in [6.07, 6.45) is 1.70. The van der Waals surface area contributed by atoms with Crippen molar-refractivity contribution in [1.29, 1.82) is 0 Å². The fourth-order valence-electron chi connectivity index (χ4n) is 1.41. The van der Waals surface area contributed by atoms with E-state index in [-0.39, 0.29) is 0 Å². The summed E-state index contributed by atoms with van der Waals surface area (Å²) in [5, 5.41) is 21.5. The molecule has 0 amide bonds. The van der Waals surface area contributed by atoms with E-state index >= 15 is 0 Å². The molecule has 5 nitrogen and oxygen atoms in total. The minimum atomic E-state index is 0.761. The molecule has 0 saturated heterocycles. The van der Waals surface area contributed by atoms with Crippen molar-refractivity contribution in [2.45, 2.75) is 10.8 Å². The molecule has 0 fully saturated rings. The lowest BCUT2D eigenvalue weighted by Gasteiger charge is -1.92. The number of rotatable bonds is 4. The lowest BCUT2D eigenvalue weighted by Crippen LogP contribution is -1.79. The van der Waals surface area contributed by atoms with Crippen LogP contribution in [0.25, 0.3) is 10.6 Å². The van der Waals surface area contributed by atoms with Gasteiger partial charge in [0.05, 0.1) is 11.9 Å². The summed E-state index contributed by atoms with van der Waals surface area (Å²) < 4.78 is 0. The molecular weight excluding hydrogens is 266 g/mol. The van der Waals surface area contributed by atoms with Gasteiger partial charge in [0.2, 0.25) is 0 Å². The second-order valence-electron chi connectivity index (χ2n) is 3.46. The fourth-order valence-corrected chi connectivity index (χ4v) is 3.02. The van der Waals surface area contributed by atoms with Gasteiger partial charge in [0.15, 0.2) is 0 Å². The summed E-state index contributed by atoms with van der Waals surface area (Å²) in [6.45, 7) is 0. The second-order valence-corrected chi connectivity index (χ2v) is 5.52. The van der Waals surface area contributed by atoms with Crippen LogP contribution < -0.4 is 0 Å². The molecule has 0 spiro atoms. The zero-order chi connectivity index (χ0) is 12.2. The molecule has 7 heteroatoms. The van der Waals surface area contributed by atoms with Crippen LogP contribution in [0.2, 0.25) is 0 Å². The predicted molar refractivity (Wildman–Crippen MR) is 71.3 cm³/mol. The molecule has 0 saturated carbocycles. The number of H-pyrrole nitrogens is 1. The second kappa shape index (κ2) is 5.28. The van der Waals surface area contributed by atoms with E-state index in [1.165, 1.54) is 0 Å². The first-order valence-electron chi connectivity index (χ1n) is 5.28. The van der Waals surface area contributed by atoms with Crippen LogP contribution in [-0.4, -0.2) is 25.6 Å². The van der Waals surface area contributed by atoms with Crippen LogP contribution in [0, 0.1) is 0 Å². The molecule has 0 bridgehead atoms. The molecular formula is C11H9N5S2.